The summed E-state index contributed by atoms with van der Waals surface area (Å²) in [6.07, 6.45) is 0.774. The number of hydrogen-bond acceptors (Lipinski definition) is 2. The predicted molar refractivity (Wildman–Crippen MR) is 71.5 cm³/mol. The third-order valence-electron chi connectivity index (χ3n) is 3.73. The van der Waals surface area contributed by atoms with Crippen LogP contribution in [0.4, 0.5) is 0 Å². The van der Waals surface area contributed by atoms with Crippen molar-refractivity contribution in [2.24, 2.45) is 11.3 Å². The molecule has 0 aromatic heterocycles. The molecule has 0 spiro atoms. The Hall–Kier alpha value is -1.84. The quantitative estimate of drug-likeness (QED) is 0.855. The molecule has 0 bridgehead atoms. The van der Waals surface area contributed by atoms with Gasteiger partial charge in [0.1, 0.15) is 0 Å². The van der Waals surface area contributed by atoms with Crippen LogP contribution < -0.4 is 5.32 Å². The fourth-order valence-corrected chi connectivity index (χ4v) is 2.30. The first kappa shape index (κ1) is 13.6. The number of carboxylic acids is 1. The number of carbonyl (C=O) groups is 2. The minimum Gasteiger partial charge on any atom is -0.481 e. The van der Waals surface area contributed by atoms with Gasteiger partial charge in [0.15, 0.2) is 0 Å². The van der Waals surface area contributed by atoms with Crippen LogP contribution >= 0.6 is 0 Å². The second kappa shape index (κ2) is 5.03. The molecule has 102 valence electrons. The number of aliphatic carboxylic acids is 1. The van der Waals surface area contributed by atoms with Crippen LogP contribution in [0, 0.1) is 11.3 Å². The maximum absolute atomic E-state index is 12.1. The summed E-state index contributed by atoms with van der Waals surface area (Å²) in [7, 11) is 0. The highest BCUT2D eigenvalue weighted by Gasteiger charge is 2.50. The van der Waals surface area contributed by atoms with Crippen molar-refractivity contribution in [3.8, 4) is 0 Å². The van der Waals surface area contributed by atoms with Crippen molar-refractivity contribution in [2.45, 2.75) is 32.7 Å². The van der Waals surface area contributed by atoms with Gasteiger partial charge in [-0.15, -0.1) is 0 Å². The fourth-order valence-electron chi connectivity index (χ4n) is 2.30. The lowest BCUT2D eigenvalue weighted by Gasteiger charge is -2.18. The van der Waals surface area contributed by atoms with Crippen LogP contribution in [0.5, 0.6) is 0 Å². The lowest BCUT2D eigenvalue weighted by molar-refractivity contribution is -0.137. The van der Waals surface area contributed by atoms with Crippen LogP contribution in [0.1, 0.15) is 38.3 Å². The fraction of sp³-hybridized carbons (Fsp3) is 0.467. The summed E-state index contributed by atoms with van der Waals surface area (Å²) in [6, 6.07) is 8.78. The van der Waals surface area contributed by atoms with Gasteiger partial charge in [0.2, 0.25) is 5.91 Å². The van der Waals surface area contributed by atoms with Gasteiger partial charge in [-0.05, 0) is 17.4 Å². The number of carbonyl (C=O) groups excluding carboxylic acids is 1. The van der Waals surface area contributed by atoms with E-state index in [4.69, 9.17) is 5.11 Å². The van der Waals surface area contributed by atoms with Crippen molar-refractivity contribution in [1.82, 2.24) is 5.32 Å². The number of rotatable bonds is 5. The Balaban J connectivity index is 2.07. The molecule has 2 atom stereocenters. The molecule has 0 saturated heterocycles. The van der Waals surface area contributed by atoms with Gasteiger partial charge in [-0.25, -0.2) is 0 Å². The number of hydrogen-bond donors (Lipinski definition) is 2. The van der Waals surface area contributed by atoms with Crippen LogP contribution in [0.3, 0.4) is 0 Å². The molecule has 1 aliphatic rings. The van der Waals surface area contributed by atoms with E-state index in [0.29, 0.717) is 0 Å². The maximum Gasteiger partial charge on any atom is 0.305 e. The molecule has 2 unspecified atom stereocenters. The zero-order chi connectivity index (χ0) is 14.0. The zero-order valence-electron chi connectivity index (χ0n) is 11.2. The molecule has 19 heavy (non-hydrogen) atoms. The number of benzene rings is 1. The standard InChI is InChI=1S/C15H19NO3/c1-15(2)9-11(15)14(19)16-12(8-13(17)18)10-6-4-3-5-7-10/h3-7,11-12H,8-9H2,1-2H3,(H,16,19)(H,17,18). The van der Waals surface area contributed by atoms with Crippen molar-refractivity contribution >= 4 is 11.9 Å². The first-order valence-electron chi connectivity index (χ1n) is 6.47. The molecule has 1 saturated carbocycles. The molecule has 1 aliphatic carbocycles. The molecular formula is C15H19NO3. The minimum atomic E-state index is -0.913. The van der Waals surface area contributed by atoms with Crippen LogP contribution in [0.25, 0.3) is 0 Å². The summed E-state index contributed by atoms with van der Waals surface area (Å²) in [4.78, 5) is 23.0. The summed E-state index contributed by atoms with van der Waals surface area (Å²) in [5.74, 6) is -0.947. The SMILES string of the molecule is CC1(C)CC1C(=O)NC(CC(=O)O)c1ccccc1. The monoisotopic (exact) mass is 261 g/mol. The van der Waals surface area contributed by atoms with Crippen LogP contribution in [-0.4, -0.2) is 17.0 Å². The van der Waals surface area contributed by atoms with E-state index >= 15 is 0 Å². The molecule has 1 fully saturated rings. The number of amides is 1. The van der Waals surface area contributed by atoms with Gasteiger partial charge in [0.25, 0.3) is 0 Å². The molecule has 2 N–H and O–H groups in total. The van der Waals surface area contributed by atoms with Crippen LogP contribution in [0.2, 0.25) is 0 Å². The smallest absolute Gasteiger partial charge is 0.305 e. The van der Waals surface area contributed by atoms with Crippen molar-refractivity contribution in [3.63, 3.8) is 0 Å². The Morgan fingerprint density at radius 3 is 2.42 bits per heavy atom. The topological polar surface area (TPSA) is 66.4 Å². The maximum atomic E-state index is 12.1. The summed E-state index contributed by atoms with van der Waals surface area (Å²) in [5.41, 5.74) is 0.880. The van der Waals surface area contributed by atoms with E-state index < -0.39 is 12.0 Å². The largest absolute Gasteiger partial charge is 0.481 e. The first-order chi connectivity index (χ1) is 8.90. The van der Waals surface area contributed by atoms with Crippen molar-refractivity contribution < 1.29 is 14.7 Å². The van der Waals surface area contributed by atoms with E-state index in [1.165, 1.54) is 0 Å². The van der Waals surface area contributed by atoms with Gasteiger partial charge < -0.3 is 10.4 Å². The second-order valence-corrected chi connectivity index (χ2v) is 5.82. The normalized spacial score (nSPS) is 21.5. The van der Waals surface area contributed by atoms with E-state index in [9.17, 15) is 9.59 Å². The van der Waals surface area contributed by atoms with Gasteiger partial charge >= 0.3 is 5.97 Å². The molecule has 4 heteroatoms. The Morgan fingerprint density at radius 2 is 1.95 bits per heavy atom. The highest BCUT2D eigenvalue weighted by atomic mass is 16.4. The number of carboxylic acid groups (broad SMARTS) is 1. The molecule has 0 aliphatic heterocycles. The van der Waals surface area contributed by atoms with Crippen molar-refractivity contribution in [1.29, 1.82) is 0 Å². The lowest BCUT2D eigenvalue weighted by Crippen LogP contribution is -2.32. The molecule has 4 nitrogen and oxygen atoms in total. The molecule has 1 aromatic carbocycles. The Morgan fingerprint density at radius 1 is 1.37 bits per heavy atom. The van der Waals surface area contributed by atoms with Gasteiger partial charge in [0.05, 0.1) is 12.5 Å². The second-order valence-electron chi connectivity index (χ2n) is 5.82. The molecule has 1 aromatic rings. The van der Waals surface area contributed by atoms with Crippen LogP contribution in [-0.2, 0) is 9.59 Å². The lowest BCUT2D eigenvalue weighted by atomic mass is 10.0. The van der Waals surface area contributed by atoms with E-state index in [-0.39, 0.29) is 23.7 Å². The van der Waals surface area contributed by atoms with Gasteiger partial charge in [-0.1, -0.05) is 44.2 Å². The molecule has 0 heterocycles. The van der Waals surface area contributed by atoms with E-state index in [1.54, 1.807) is 0 Å². The van der Waals surface area contributed by atoms with Gasteiger partial charge in [0, 0.05) is 5.92 Å². The number of nitrogens with one attached hydrogen (secondary N) is 1. The third-order valence-corrected chi connectivity index (χ3v) is 3.73. The summed E-state index contributed by atoms with van der Waals surface area (Å²) < 4.78 is 0. The van der Waals surface area contributed by atoms with E-state index in [0.717, 1.165) is 12.0 Å². The zero-order valence-corrected chi connectivity index (χ0v) is 11.2. The average Bonchev–Trinajstić information content (AvgIpc) is 2.98. The minimum absolute atomic E-state index is 0.00695. The van der Waals surface area contributed by atoms with Crippen molar-refractivity contribution in [3.05, 3.63) is 35.9 Å². The highest BCUT2D eigenvalue weighted by Crippen LogP contribution is 2.51. The molecular weight excluding hydrogens is 242 g/mol. The van der Waals surface area contributed by atoms with Gasteiger partial charge in [-0.2, -0.15) is 0 Å². The van der Waals surface area contributed by atoms with Crippen molar-refractivity contribution in [2.75, 3.05) is 0 Å². The Kier molecular flexibility index (Phi) is 3.60. The molecule has 1 amide bonds. The third kappa shape index (κ3) is 3.34. The first-order valence-corrected chi connectivity index (χ1v) is 6.47. The summed E-state index contributed by atoms with van der Waals surface area (Å²) >= 11 is 0. The average molecular weight is 261 g/mol. The highest BCUT2D eigenvalue weighted by molar-refractivity contribution is 5.83. The van der Waals surface area contributed by atoms with Crippen LogP contribution in [0.15, 0.2) is 30.3 Å². The molecule has 2 rings (SSSR count). The van der Waals surface area contributed by atoms with Gasteiger partial charge in [-0.3, -0.25) is 9.59 Å². The van der Waals surface area contributed by atoms with E-state index in [1.807, 2.05) is 44.2 Å². The van der Waals surface area contributed by atoms with E-state index in [2.05, 4.69) is 5.32 Å². The summed E-state index contributed by atoms with van der Waals surface area (Å²) in [6.45, 7) is 4.10. The predicted octanol–water partition coefficient (Wildman–Crippen LogP) is 2.36. The molecule has 0 radical (unpaired) electrons. The Labute approximate surface area is 112 Å². The summed E-state index contributed by atoms with van der Waals surface area (Å²) in [5, 5.41) is 11.8. The Bertz CT molecular complexity index is 481.